The standard InChI is InChI=1S/C13H17NO2/c1-2-9-3-5-10(6-4-9)13(15)11-7-16-8-12(11)14/h3-6,11-12H,2,7-8,14H2,1H3. The minimum absolute atomic E-state index is 0.104. The quantitative estimate of drug-likeness (QED) is 0.782. The normalized spacial score (nSPS) is 24.6. The number of aryl methyl sites for hydroxylation is 1. The van der Waals surface area contributed by atoms with Gasteiger partial charge < -0.3 is 10.5 Å². The van der Waals surface area contributed by atoms with Crippen molar-refractivity contribution < 1.29 is 9.53 Å². The van der Waals surface area contributed by atoms with Gasteiger partial charge >= 0.3 is 0 Å². The molecule has 0 bridgehead atoms. The molecule has 1 saturated heterocycles. The van der Waals surface area contributed by atoms with Gasteiger partial charge in [0.1, 0.15) is 0 Å². The molecular weight excluding hydrogens is 202 g/mol. The zero-order valence-corrected chi connectivity index (χ0v) is 9.48. The molecule has 1 aromatic rings. The number of ether oxygens (including phenoxy) is 1. The van der Waals surface area contributed by atoms with Gasteiger partial charge in [-0.3, -0.25) is 4.79 Å². The maximum absolute atomic E-state index is 12.1. The molecule has 2 atom stereocenters. The minimum Gasteiger partial charge on any atom is -0.379 e. The van der Waals surface area contributed by atoms with Crippen molar-refractivity contribution in [2.24, 2.45) is 11.7 Å². The predicted octanol–water partition coefficient (Wildman–Crippen LogP) is 1.41. The lowest BCUT2D eigenvalue weighted by Crippen LogP contribution is -2.34. The summed E-state index contributed by atoms with van der Waals surface area (Å²) in [6, 6.07) is 7.60. The van der Waals surface area contributed by atoms with Gasteiger partial charge in [-0.1, -0.05) is 31.2 Å². The van der Waals surface area contributed by atoms with Gasteiger partial charge in [0.05, 0.1) is 19.1 Å². The molecule has 0 saturated carbocycles. The third kappa shape index (κ3) is 2.15. The zero-order chi connectivity index (χ0) is 11.5. The summed E-state index contributed by atoms with van der Waals surface area (Å²) < 4.78 is 5.21. The Balaban J connectivity index is 2.14. The van der Waals surface area contributed by atoms with E-state index in [0.717, 1.165) is 12.0 Å². The van der Waals surface area contributed by atoms with Gasteiger partial charge in [-0.15, -0.1) is 0 Å². The van der Waals surface area contributed by atoms with Crippen molar-refractivity contribution in [2.45, 2.75) is 19.4 Å². The lowest BCUT2D eigenvalue weighted by Gasteiger charge is -2.11. The van der Waals surface area contributed by atoms with E-state index in [9.17, 15) is 4.79 Å². The Bertz CT molecular complexity index is 372. The summed E-state index contributed by atoms with van der Waals surface area (Å²) in [6.45, 7) is 3.04. The molecule has 2 N–H and O–H groups in total. The van der Waals surface area contributed by atoms with E-state index in [-0.39, 0.29) is 17.7 Å². The molecular formula is C13H17NO2. The van der Waals surface area contributed by atoms with Crippen molar-refractivity contribution in [3.63, 3.8) is 0 Å². The number of benzene rings is 1. The highest BCUT2D eigenvalue weighted by molar-refractivity contribution is 5.98. The third-order valence-electron chi connectivity index (χ3n) is 3.11. The van der Waals surface area contributed by atoms with Crippen LogP contribution in [-0.2, 0) is 11.2 Å². The maximum atomic E-state index is 12.1. The largest absolute Gasteiger partial charge is 0.379 e. The van der Waals surface area contributed by atoms with E-state index < -0.39 is 0 Å². The fraction of sp³-hybridized carbons (Fsp3) is 0.462. The average Bonchev–Trinajstić information content (AvgIpc) is 2.75. The van der Waals surface area contributed by atoms with Crippen LogP contribution in [0.5, 0.6) is 0 Å². The molecule has 1 aliphatic rings. The number of hydrogen-bond acceptors (Lipinski definition) is 3. The Morgan fingerprint density at radius 1 is 1.38 bits per heavy atom. The van der Waals surface area contributed by atoms with Crippen LogP contribution in [0, 0.1) is 5.92 Å². The summed E-state index contributed by atoms with van der Waals surface area (Å²) in [5.74, 6) is -0.0693. The second-order valence-corrected chi connectivity index (χ2v) is 4.22. The smallest absolute Gasteiger partial charge is 0.169 e. The fourth-order valence-electron chi connectivity index (χ4n) is 1.96. The lowest BCUT2D eigenvalue weighted by molar-refractivity contribution is 0.0896. The number of hydrogen-bond donors (Lipinski definition) is 1. The summed E-state index contributed by atoms with van der Waals surface area (Å²) in [4.78, 5) is 12.1. The number of ketones is 1. The Morgan fingerprint density at radius 2 is 2.06 bits per heavy atom. The Labute approximate surface area is 95.6 Å². The average molecular weight is 219 g/mol. The number of rotatable bonds is 3. The summed E-state index contributed by atoms with van der Waals surface area (Å²) in [7, 11) is 0. The summed E-state index contributed by atoms with van der Waals surface area (Å²) >= 11 is 0. The molecule has 1 aromatic carbocycles. The molecule has 0 aromatic heterocycles. The van der Waals surface area contributed by atoms with E-state index in [2.05, 4.69) is 6.92 Å². The van der Waals surface area contributed by atoms with Crippen LogP contribution in [-0.4, -0.2) is 25.0 Å². The Hall–Kier alpha value is -1.19. The van der Waals surface area contributed by atoms with Gasteiger partial charge in [0, 0.05) is 11.6 Å². The van der Waals surface area contributed by atoms with Crippen LogP contribution in [0.4, 0.5) is 0 Å². The van der Waals surface area contributed by atoms with E-state index >= 15 is 0 Å². The number of Topliss-reactive ketones (excluding diaryl/α,β-unsaturated/α-hetero) is 1. The molecule has 0 aliphatic carbocycles. The second-order valence-electron chi connectivity index (χ2n) is 4.22. The summed E-state index contributed by atoms with van der Waals surface area (Å²) in [6.07, 6.45) is 0.987. The van der Waals surface area contributed by atoms with E-state index in [4.69, 9.17) is 10.5 Å². The highest BCUT2D eigenvalue weighted by Gasteiger charge is 2.31. The highest BCUT2D eigenvalue weighted by atomic mass is 16.5. The first kappa shape index (κ1) is 11.3. The third-order valence-corrected chi connectivity index (χ3v) is 3.11. The van der Waals surface area contributed by atoms with Gasteiger partial charge in [0.25, 0.3) is 0 Å². The van der Waals surface area contributed by atoms with Crippen LogP contribution in [0.25, 0.3) is 0 Å². The van der Waals surface area contributed by atoms with Crippen molar-refractivity contribution in [1.82, 2.24) is 0 Å². The van der Waals surface area contributed by atoms with Gasteiger partial charge in [0.15, 0.2) is 5.78 Å². The first-order valence-electron chi connectivity index (χ1n) is 5.69. The van der Waals surface area contributed by atoms with Crippen LogP contribution >= 0.6 is 0 Å². The monoisotopic (exact) mass is 219 g/mol. The first-order valence-corrected chi connectivity index (χ1v) is 5.69. The fourth-order valence-corrected chi connectivity index (χ4v) is 1.96. The highest BCUT2D eigenvalue weighted by Crippen LogP contribution is 2.18. The van der Waals surface area contributed by atoms with Crippen molar-refractivity contribution in [3.8, 4) is 0 Å². The van der Waals surface area contributed by atoms with Gasteiger partial charge in [0.2, 0.25) is 0 Å². The molecule has 86 valence electrons. The summed E-state index contributed by atoms with van der Waals surface area (Å²) in [5, 5.41) is 0. The van der Waals surface area contributed by atoms with E-state index in [1.165, 1.54) is 5.56 Å². The van der Waals surface area contributed by atoms with Gasteiger partial charge in [-0.2, -0.15) is 0 Å². The van der Waals surface area contributed by atoms with Crippen molar-refractivity contribution in [3.05, 3.63) is 35.4 Å². The molecule has 1 aliphatic heterocycles. The molecule has 3 nitrogen and oxygen atoms in total. The predicted molar refractivity (Wildman–Crippen MR) is 62.4 cm³/mol. The zero-order valence-electron chi connectivity index (χ0n) is 9.48. The van der Waals surface area contributed by atoms with Crippen LogP contribution in [0.2, 0.25) is 0 Å². The van der Waals surface area contributed by atoms with Crippen molar-refractivity contribution >= 4 is 5.78 Å². The molecule has 0 spiro atoms. The second kappa shape index (κ2) is 4.76. The number of carbonyl (C=O) groups excluding carboxylic acids is 1. The van der Waals surface area contributed by atoms with E-state index in [1.54, 1.807) is 0 Å². The molecule has 3 heteroatoms. The van der Waals surface area contributed by atoms with Crippen molar-refractivity contribution in [1.29, 1.82) is 0 Å². The Morgan fingerprint density at radius 3 is 2.56 bits per heavy atom. The van der Waals surface area contributed by atoms with Crippen LogP contribution in [0.1, 0.15) is 22.8 Å². The maximum Gasteiger partial charge on any atom is 0.169 e. The topological polar surface area (TPSA) is 52.3 Å². The molecule has 2 rings (SSSR count). The van der Waals surface area contributed by atoms with E-state index in [1.807, 2.05) is 24.3 Å². The molecule has 0 radical (unpaired) electrons. The molecule has 2 unspecified atom stereocenters. The molecule has 0 amide bonds. The van der Waals surface area contributed by atoms with Crippen LogP contribution in [0.15, 0.2) is 24.3 Å². The first-order chi connectivity index (χ1) is 7.72. The lowest BCUT2D eigenvalue weighted by atomic mass is 9.93. The number of carbonyl (C=O) groups is 1. The SMILES string of the molecule is CCc1ccc(C(=O)C2COCC2N)cc1. The Kier molecular flexibility index (Phi) is 3.36. The number of nitrogens with two attached hydrogens (primary N) is 1. The van der Waals surface area contributed by atoms with Crippen LogP contribution in [0.3, 0.4) is 0 Å². The van der Waals surface area contributed by atoms with Gasteiger partial charge in [-0.05, 0) is 12.0 Å². The van der Waals surface area contributed by atoms with Crippen LogP contribution < -0.4 is 5.73 Å². The molecule has 1 fully saturated rings. The van der Waals surface area contributed by atoms with Gasteiger partial charge in [-0.25, -0.2) is 0 Å². The summed E-state index contributed by atoms with van der Waals surface area (Å²) in [5.41, 5.74) is 7.81. The molecule has 16 heavy (non-hydrogen) atoms. The molecule has 1 heterocycles. The van der Waals surface area contributed by atoms with Crippen molar-refractivity contribution in [2.75, 3.05) is 13.2 Å². The van der Waals surface area contributed by atoms with E-state index in [0.29, 0.717) is 13.2 Å². The minimum atomic E-state index is -0.174.